The number of rotatable bonds is 7. The first-order chi connectivity index (χ1) is 16.1. The van der Waals surface area contributed by atoms with E-state index in [0.29, 0.717) is 11.3 Å². The van der Waals surface area contributed by atoms with E-state index in [-0.39, 0.29) is 23.8 Å². The lowest BCUT2D eigenvalue weighted by Gasteiger charge is -2.31. The molecule has 0 aliphatic carbocycles. The molecule has 3 aromatic carbocycles. The van der Waals surface area contributed by atoms with Gasteiger partial charge in [-0.05, 0) is 56.1 Å². The van der Waals surface area contributed by atoms with E-state index >= 15 is 0 Å². The predicted octanol–water partition coefficient (Wildman–Crippen LogP) is 5.03. The summed E-state index contributed by atoms with van der Waals surface area (Å²) < 4.78 is 0. The van der Waals surface area contributed by atoms with Gasteiger partial charge < -0.3 is 10.6 Å². The van der Waals surface area contributed by atoms with Gasteiger partial charge >= 0.3 is 0 Å². The monoisotopic (exact) mass is 441 g/mol. The highest BCUT2D eigenvalue weighted by molar-refractivity contribution is 6.04. The number of piperidine rings is 1. The van der Waals surface area contributed by atoms with Crippen LogP contribution in [0.1, 0.15) is 47.3 Å². The van der Waals surface area contributed by atoms with Gasteiger partial charge in [0.2, 0.25) is 5.91 Å². The van der Waals surface area contributed by atoms with Crippen LogP contribution in [-0.2, 0) is 11.3 Å². The fourth-order valence-corrected chi connectivity index (χ4v) is 4.32. The van der Waals surface area contributed by atoms with E-state index < -0.39 is 0 Å². The zero-order valence-electron chi connectivity index (χ0n) is 19.0. The summed E-state index contributed by atoms with van der Waals surface area (Å²) in [6.45, 7) is 4.66. The van der Waals surface area contributed by atoms with Crippen LogP contribution in [0.25, 0.3) is 0 Å². The molecule has 0 unspecified atom stereocenters. The van der Waals surface area contributed by atoms with Crippen molar-refractivity contribution >= 4 is 17.5 Å². The molecule has 0 radical (unpaired) electrons. The van der Waals surface area contributed by atoms with Crippen LogP contribution in [0.3, 0.4) is 0 Å². The molecule has 0 aromatic heterocycles. The fourth-order valence-electron chi connectivity index (χ4n) is 4.32. The molecular weight excluding hydrogens is 410 g/mol. The Labute approximate surface area is 195 Å². The first-order valence-corrected chi connectivity index (χ1v) is 11.6. The number of amides is 2. The van der Waals surface area contributed by atoms with Crippen molar-refractivity contribution in [3.8, 4) is 0 Å². The molecule has 2 N–H and O–H groups in total. The van der Waals surface area contributed by atoms with Gasteiger partial charge in [0.15, 0.2) is 0 Å². The van der Waals surface area contributed by atoms with Gasteiger partial charge in [-0.15, -0.1) is 0 Å². The van der Waals surface area contributed by atoms with Crippen LogP contribution in [0.4, 0.5) is 5.69 Å². The highest BCUT2D eigenvalue weighted by Gasteiger charge is 2.26. The van der Waals surface area contributed by atoms with E-state index in [1.54, 1.807) is 12.1 Å². The molecule has 2 amide bonds. The number of nitrogens with one attached hydrogen (secondary N) is 2. The molecule has 1 atom stereocenters. The van der Waals surface area contributed by atoms with Gasteiger partial charge in [-0.1, -0.05) is 72.8 Å². The Morgan fingerprint density at radius 3 is 2.18 bits per heavy atom. The minimum Gasteiger partial charge on any atom is -0.345 e. The Hall–Kier alpha value is -3.44. The molecule has 1 aliphatic heterocycles. The minimum absolute atomic E-state index is 0.00859. The number of carbonyl (C=O) groups excluding carboxylic acids is 2. The van der Waals surface area contributed by atoms with Crippen molar-refractivity contribution in [2.24, 2.45) is 5.92 Å². The summed E-state index contributed by atoms with van der Waals surface area (Å²) in [5, 5.41) is 6.06. The Kier molecular flexibility index (Phi) is 7.53. The smallest absolute Gasteiger partial charge is 0.253 e. The number of carbonyl (C=O) groups is 2. The van der Waals surface area contributed by atoms with Crippen molar-refractivity contribution in [2.45, 2.75) is 32.4 Å². The molecule has 0 saturated carbocycles. The standard InChI is InChI=1S/C28H31N3O2/c1-21(23-12-6-3-7-13-23)29-28(33)25-14-8-9-15-26(25)30-27(32)24-16-18-31(19-17-24)20-22-10-4-2-5-11-22/h2-15,21,24H,16-20H2,1H3,(H,29,33)(H,30,32)/t21-/m1/s1. The average Bonchev–Trinajstić information content (AvgIpc) is 2.86. The molecule has 33 heavy (non-hydrogen) atoms. The Balaban J connectivity index is 1.34. The number of hydrogen-bond donors (Lipinski definition) is 2. The zero-order valence-corrected chi connectivity index (χ0v) is 19.0. The Morgan fingerprint density at radius 1 is 0.879 bits per heavy atom. The van der Waals surface area contributed by atoms with E-state index in [9.17, 15) is 9.59 Å². The molecule has 0 bridgehead atoms. The fraction of sp³-hybridized carbons (Fsp3) is 0.286. The number of nitrogens with zero attached hydrogens (tertiary/aromatic N) is 1. The Morgan fingerprint density at radius 2 is 1.48 bits per heavy atom. The van der Waals surface area contributed by atoms with Crippen LogP contribution in [0.15, 0.2) is 84.9 Å². The van der Waals surface area contributed by atoms with Gasteiger partial charge in [0.05, 0.1) is 17.3 Å². The predicted molar refractivity (Wildman–Crippen MR) is 132 cm³/mol. The van der Waals surface area contributed by atoms with Crippen molar-refractivity contribution < 1.29 is 9.59 Å². The maximum absolute atomic E-state index is 13.0. The second-order valence-electron chi connectivity index (χ2n) is 8.68. The number of anilines is 1. The molecule has 170 valence electrons. The number of hydrogen-bond acceptors (Lipinski definition) is 3. The molecule has 4 rings (SSSR count). The minimum atomic E-state index is -0.195. The van der Waals surface area contributed by atoms with E-state index in [0.717, 1.165) is 38.0 Å². The van der Waals surface area contributed by atoms with Gasteiger partial charge in [-0.2, -0.15) is 0 Å². The van der Waals surface area contributed by atoms with Crippen LogP contribution in [0, 0.1) is 5.92 Å². The summed E-state index contributed by atoms with van der Waals surface area (Å²) in [6, 6.07) is 27.4. The van der Waals surface area contributed by atoms with Crippen molar-refractivity contribution in [1.29, 1.82) is 0 Å². The van der Waals surface area contributed by atoms with Crippen molar-refractivity contribution in [3.05, 3.63) is 102 Å². The van der Waals surface area contributed by atoms with E-state index in [1.165, 1.54) is 5.56 Å². The van der Waals surface area contributed by atoms with E-state index in [2.05, 4.69) is 39.8 Å². The maximum atomic E-state index is 13.0. The number of para-hydroxylation sites is 1. The van der Waals surface area contributed by atoms with Gasteiger partial charge in [-0.25, -0.2) is 0 Å². The molecule has 5 nitrogen and oxygen atoms in total. The van der Waals surface area contributed by atoms with Crippen molar-refractivity contribution in [1.82, 2.24) is 10.2 Å². The summed E-state index contributed by atoms with van der Waals surface area (Å²) in [7, 11) is 0. The average molecular weight is 442 g/mol. The van der Waals surface area contributed by atoms with Crippen LogP contribution in [0.5, 0.6) is 0 Å². The lowest BCUT2D eigenvalue weighted by molar-refractivity contribution is -0.121. The second-order valence-corrected chi connectivity index (χ2v) is 8.68. The summed E-state index contributed by atoms with van der Waals surface area (Å²) >= 11 is 0. The highest BCUT2D eigenvalue weighted by atomic mass is 16.2. The lowest BCUT2D eigenvalue weighted by atomic mass is 9.95. The summed E-state index contributed by atoms with van der Waals surface area (Å²) in [5.41, 5.74) is 3.38. The van der Waals surface area contributed by atoms with Gasteiger partial charge in [0, 0.05) is 12.5 Å². The summed E-state index contributed by atoms with van der Waals surface area (Å²) in [6.07, 6.45) is 1.64. The quantitative estimate of drug-likeness (QED) is 0.541. The van der Waals surface area contributed by atoms with Crippen LogP contribution in [0.2, 0.25) is 0 Å². The van der Waals surface area contributed by atoms with Crippen LogP contribution in [-0.4, -0.2) is 29.8 Å². The molecule has 1 saturated heterocycles. The van der Waals surface area contributed by atoms with Crippen LogP contribution >= 0.6 is 0 Å². The third-order valence-corrected chi connectivity index (χ3v) is 6.28. The van der Waals surface area contributed by atoms with Crippen molar-refractivity contribution in [2.75, 3.05) is 18.4 Å². The molecule has 0 spiro atoms. The van der Waals surface area contributed by atoms with Gasteiger partial charge in [-0.3, -0.25) is 14.5 Å². The third kappa shape index (κ3) is 6.08. The summed E-state index contributed by atoms with van der Waals surface area (Å²) in [5.74, 6) is -0.248. The first kappa shape index (κ1) is 22.7. The third-order valence-electron chi connectivity index (χ3n) is 6.28. The molecule has 5 heteroatoms. The first-order valence-electron chi connectivity index (χ1n) is 11.6. The molecular formula is C28H31N3O2. The topological polar surface area (TPSA) is 61.4 Å². The largest absolute Gasteiger partial charge is 0.345 e. The summed E-state index contributed by atoms with van der Waals surface area (Å²) in [4.78, 5) is 28.3. The highest BCUT2D eigenvalue weighted by Crippen LogP contribution is 2.23. The molecule has 3 aromatic rings. The van der Waals surface area contributed by atoms with Crippen molar-refractivity contribution in [3.63, 3.8) is 0 Å². The molecule has 1 aliphatic rings. The second kappa shape index (κ2) is 10.9. The van der Waals surface area contributed by atoms with E-state index in [1.807, 2.05) is 55.5 Å². The number of likely N-dealkylation sites (tertiary alicyclic amines) is 1. The van der Waals surface area contributed by atoms with Gasteiger partial charge in [0.1, 0.15) is 0 Å². The molecule has 1 heterocycles. The molecule has 1 fully saturated rings. The lowest BCUT2D eigenvalue weighted by Crippen LogP contribution is -2.38. The number of benzene rings is 3. The van der Waals surface area contributed by atoms with E-state index in [4.69, 9.17) is 0 Å². The van der Waals surface area contributed by atoms with Gasteiger partial charge in [0.25, 0.3) is 5.91 Å². The van der Waals surface area contributed by atoms with Crippen LogP contribution < -0.4 is 10.6 Å². The SMILES string of the molecule is C[C@@H](NC(=O)c1ccccc1NC(=O)C1CCN(Cc2ccccc2)CC1)c1ccccc1. The zero-order chi connectivity index (χ0) is 23.0. The maximum Gasteiger partial charge on any atom is 0.253 e. The Bertz CT molecular complexity index is 1060. The normalized spacial score (nSPS) is 15.5.